The number of nitrogens with one attached hydrogen (secondary N) is 2. The van der Waals surface area contributed by atoms with Crippen LogP contribution in [-0.2, 0) is 11.3 Å². The number of carbonyl (C=O) groups is 2. The van der Waals surface area contributed by atoms with Crippen molar-refractivity contribution in [1.29, 1.82) is 0 Å². The molecular weight excluding hydrogens is 358 g/mol. The van der Waals surface area contributed by atoms with Crippen molar-refractivity contribution in [3.63, 3.8) is 0 Å². The van der Waals surface area contributed by atoms with Crippen molar-refractivity contribution in [3.05, 3.63) is 70.2 Å². The highest BCUT2D eigenvalue weighted by atomic mass is 32.1. The van der Waals surface area contributed by atoms with Crippen LogP contribution in [0.15, 0.2) is 48.5 Å². The van der Waals surface area contributed by atoms with Crippen LogP contribution < -0.4 is 10.6 Å². The maximum absolute atomic E-state index is 12.5. The molecule has 5 nitrogen and oxygen atoms in total. The Bertz CT molecular complexity index is 977. The van der Waals surface area contributed by atoms with Crippen molar-refractivity contribution >= 4 is 28.8 Å². The molecule has 0 bridgehead atoms. The van der Waals surface area contributed by atoms with Gasteiger partial charge in [0.1, 0.15) is 10.7 Å². The molecule has 0 aliphatic rings. The van der Waals surface area contributed by atoms with Crippen molar-refractivity contribution in [2.24, 2.45) is 0 Å². The fraction of sp³-hybridized carbons (Fsp3) is 0.190. The number of hydrogen-bond donors (Lipinski definition) is 2. The molecule has 0 radical (unpaired) electrons. The minimum atomic E-state index is -0.175. The van der Waals surface area contributed by atoms with Gasteiger partial charge in [-0.1, -0.05) is 29.8 Å². The van der Waals surface area contributed by atoms with Crippen LogP contribution in [0.4, 0.5) is 5.69 Å². The first-order chi connectivity index (χ1) is 12.9. The Balaban J connectivity index is 1.71. The smallest absolute Gasteiger partial charge is 0.271 e. The van der Waals surface area contributed by atoms with Crippen molar-refractivity contribution in [3.8, 4) is 10.6 Å². The summed E-state index contributed by atoms with van der Waals surface area (Å²) in [5.74, 6) is -0.285. The zero-order valence-electron chi connectivity index (χ0n) is 15.5. The van der Waals surface area contributed by atoms with Gasteiger partial charge in [0.05, 0.1) is 0 Å². The Morgan fingerprint density at radius 1 is 1.07 bits per heavy atom. The van der Waals surface area contributed by atoms with Crippen LogP contribution in [0, 0.1) is 13.8 Å². The molecule has 2 aromatic carbocycles. The number of amides is 2. The molecule has 0 atom stereocenters. The normalized spacial score (nSPS) is 10.5. The monoisotopic (exact) mass is 379 g/mol. The van der Waals surface area contributed by atoms with Crippen molar-refractivity contribution in [1.82, 2.24) is 10.3 Å². The largest absolute Gasteiger partial charge is 0.347 e. The Morgan fingerprint density at radius 2 is 1.81 bits per heavy atom. The fourth-order valence-corrected chi connectivity index (χ4v) is 3.63. The number of aromatic nitrogens is 1. The summed E-state index contributed by atoms with van der Waals surface area (Å²) in [6, 6.07) is 15.5. The molecule has 0 aliphatic heterocycles. The molecule has 1 heterocycles. The third-order valence-electron chi connectivity index (χ3n) is 4.00. The summed E-state index contributed by atoms with van der Waals surface area (Å²) in [4.78, 5) is 29.0. The van der Waals surface area contributed by atoms with Crippen molar-refractivity contribution in [2.45, 2.75) is 27.3 Å². The molecule has 3 aromatic rings. The Morgan fingerprint density at radius 3 is 2.48 bits per heavy atom. The Kier molecular flexibility index (Phi) is 5.66. The first kappa shape index (κ1) is 18.8. The standard InChI is InChI=1S/C21H21N3O2S/c1-13-5-4-6-16(11-13)12-22-20(26)19-14(2)27-21(24-19)17-7-9-18(10-8-17)23-15(3)25/h4-11H,12H2,1-3H3,(H,22,26)(H,23,25). The van der Waals surface area contributed by atoms with Crippen molar-refractivity contribution < 1.29 is 9.59 Å². The van der Waals surface area contributed by atoms with E-state index in [-0.39, 0.29) is 11.8 Å². The van der Waals surface area contributed by atoms with Crippen LogP contribution in [0.3, 0.4) is 0 Å². The van der Waals surface area contributed by atoms with Crippen LogP contribution in [0.5, 0.6) is 0 Å². The summed E-state index contributed by atoms with van der Waals surface area (Å²) in [6.45, 7) is 5.87. The van der Waals surface area contributed by atoms with Crippen LogP contribution in [0.25, 0.3) is 10.6 Å². The lowest BCUT2D eigenvalue weighted by Gasteiger charge is -2.05. The molecule has 1 aromatic heterocycles. The minimum Gasteiger partial charge on any atom is -0.347 e. The molecule has 27 heavy (non-hydrogen) atoms. The number of carbonyl (C=O) groups excluding carboxylic acids is 2. The number of thiazole rings is 1. The van der Waals surface area contributed by atoms with E-state index in [2.05, 4.69) is 21.7 Å². The molecular formula is C21H21N3O2S. The van der Waals surface area contributed by atoms with Crippen molar-refractivity contribution in [2.75, 3.05) is 5.32 Å². The fourth-order valence-electron chi connectivity index (χ4n) is 2.72. The van der Waals surface area contributed by atoms with Gasteiger partial charge in [-0.05, 0) is 43.7 Å². The molecule has 2 N–H and O–H groups in total. The van der Waals surface area contributed by atoms with E-state index in [0.717, 1.165) is 32.3 Å². The Labute approximate surface area is 162 Å². The molecule has 0 unspecified atom stereocenters. The number of hydrogen-bond acceptors (Lipinski definition) is 4. The van der Waals surface area contributed by atoms with Gasteiger partial charge in [-0.15, -0.1) is 11.3 Å². The first-order valence-corrected chi connectivity index (χ1v) is 9.43. The molecule has 0 saturated heterocycles. The summed E-state index contributed by atoms with van der Waals surface area (Å²) in [5, 5.41) is 6.45. The summed E-state index contributed by atoms with van der Waals surface area (Å²) >= 11 is 1.48. The van der Waals surface area contributed by atoms with E-state index in [4.69, 9.17) is 0 Å². The van der Waals surface area contributed by atoms with E-state index in [1.54, 1.807) is 0 Å². The highest BCUT2D eigenvalue weighted by molar-refractivity contribution is 7.15. The second-order valence-electron chi connectivity index (χ2n) is 6.35. The van der Waals surface area contributed by atoms with E-state index in [1.807, 2.05) is 56.3 Å². The van der Waals surface area contributed by atoms with Crippen LogP contribution in [0.1, 0.15) is 33.4 Å². The van der Waals surface area contributed by atoms with E-state index < -0.39 is 0 Å². The minimum absolute atomic E-state index is 0.111. The molecule has 2 amide bonds. The number of nitrogens with zero attached hydrogens (tertiary/aromatic N) is 1. The Hall–Kier alpha value is -2.99. The van der Waals surface area contributed by atoms with Crippen LogP contribution >= 0.6 is 11.3 Å². The summed E-state index contributed by atoms with van der Waals surface area (Å²) in [6.07, 6.45) is 0. The lowest BCUT2D eigenvalue weighted by atomic mass is 10.1. The SMILES string of the molecule is CC(=O)Nc1ccc(-c2nc(C(=O)NCc3cccc(C)c3)c(C)s2)cc1. The van der Waals surface area contributed by atoms with E-state index >= 15 is 0 Å². The number of rotatable bonds is 5. The average molecular weight is 379 g/mol. The third kappa shape index (κ3) is 4.80. The van der Waals surface area contributed by atoms with Gasteiger partial charge in [-0.3, -0.25) is 9.59 Å². The predicted molar refractivity (Wildman–Crippen MR) is 109 cm³/mol. The third-order valence-corrected chi connectivity index (χ3v) is 5.02. The highest BCUT2D eigenvalue weighted by Gasteiger charge is 2.16. The lowest BCUT2D eigenvalue weighted by Crippen LogP contribution is -2.23. The predicted octanol–water partition coefficient (Wildman–Crippen LogP) is 4.32. The van der Waals surface area contributed by atoms with Gasteiger partial charge in [-0.25, -0.2) is 4.98 Å². The summed E-state index contributed by atoms with van der Waals surface area (Å²) < 4.78 is 0. The molecule has 0 aliphatic carbocycles. The quantitative estimate of drug-likeness (QED) is 0.694. The number of anilines is 1. The molecule has 3 rings (SSSR count). The van der Waals surface area contributed by atoms with Gasteiger partial charge < -0.3 is 10.6 Å². The van der Waals surface area contributed by atoms with E-state index in [0.29, 0.717) is 12.2 Å². The second-order valence-corrected chi connectivity index (χ2v) is 7.56. The average Bonchev–Trinajstić information content (AvgIpc) is 3.02. The maximum Gasteiger partial charge on any atom is 0.271 e. The van der Waals surface area contributed by atoms with Crippen LogP contribution in [0.2, 0.25) is 0 Å². The molecule has 6 heteroatoms. The number of benzene rings is 2. The van der Waals surface area contributed by atoms with Gasteiger partial charge in [-0.2, -0.15) is 0 Å². The topological polar surface area (TPSA) is 71.1 Å². The van der Waals surface area contributed by atoms with Gasteiger partial charge in [0.15, 0.2) is 0 Å². The van der Waals surface area contributed by atoms with E-state index in [1.165, 1.54) is 18.3 Å². The lowest BCUT2D eigenvalue weighted by molar-refractivity contribution is -0.114. The van der Waals surface area contributed by atoms with Gasteiger partial charge in [0, 0.05) is 29.6 Å². The van der Waals surface area contributed by atoms with Gasteiger partial charge in [0.25, 0.3) is 5.91 Å². The zero-order chi connectivity index (χ0) is 19.4. The highest BCUT2D eigenvalue weighted by Crippen LogP contribution is 2.28. The first-order valence-electron chi connectivity index (χ1n) is 8.61. The van der Waals surface area contributed by atoms with Gasteiger partial charge >= 0.3 is 0 Å². The van der Waals surface area contributed by atoms with Crippen LogP contribution in [-0.4, -0.2) is 16.8 Å². The molecule has 0 fully saturated rings. The second kappa shape index (κ2) is 8.14. The molecule has 138 valence electrons. The summed E-state index contributed by atoms with van der Waals surface area (Å²) in [7, 11) is 0. The maximum atomic E-state index is 12.5. The van der Waals surface area contributed by atoms with Gasteiger partial charge in [0.2, 0.25) is 5.91 Å². The molecule has 0 saturated carbocycles. The summed E-state index contributed by atoms with van der Waals surface area (Å²) in [5.41, 5.74) is 4.32. The van der Waals surface area contributed by atoms with E-state index in [9.17, 15) is 9.59 Å². The zero-order valence-corrected chi connectivity index (χ0v) is 16.3. The number of aryl methyl sites for hydroxylation is 2. The molecule has 0 spiro atoms.